The van der Waals surface area contributed by atoms with Crippen molar-refractivity contribution in [2.24, 2.45) is 5.92 Å². The number of carboxylic acid groups (broad SMARTS) is 1. The predicted molar refractivity (Wildman–Crippen MR) is 119 cm³/mol. The largest absolute Gasteiger partial charge is 0.478 e. The summed E-state index contributed by atoms with van der Waals surface area (Å²) in [7, 11) is 0. The number of allylic oxidation sites excluding steroid dienone is 1. The first kappa shape index (κ1) is 19.4. The molecule has 0 spiro atoms. The van der Waals surface area contributed by atoms with E-state index in [1.165, 1.54) is 5.56 Å². The Hall–Kier alpha value is -2.94. The van der Waals surface area contributed by atoms with Crippen LogP contribution in [0.5, 0.6) is 0 Å². The number of nitrogens with zero attached hydrogens (tertiary/aromatic N) is 1. The summed E-state index contributed by atoms with van der Waals surface area (Å²) in [4.78, 5) is 17.0. The number of aromatic nitrogens is 1. The first-order valence-electron chi connectivity index (χ1n) is 10.2. The highest BCUT2D eigenvalue weighted by Crippen LogP contribution is 2.38. The van der Waals surface area contributed by atoms with Gasteiger partial charge in [0, 0.05) is 5.39 Å². The van der Waals surface area contributed by atoms with Gasteiger partial charge >= 0.3 is 5.97 Å². The molecule has 1 heterocycles. The van der Waals surface area contributed by atoms with Crippen molar-refractivity contribution in [2.75, 3.05) is 0 Å². The number of fused-ring (bicyclic) bond motifs is 2. The summed E-state index contributed by atoms with van der Waals surface area (Å²) in [5, 5.41) is 10.7. The molecule has 0 fully saturated rings. The van der Waals surface area contributed by atoms with E-state index in [1.54, 1.807) is 0 Å². The standard InChI is InChI=1S/C26H27NO2/c1-16-13-18(15-17-9-11-19(12-10-17)26(2,3)4)24-21(14-16)23(25(28)29)20-7-5-6-8-22(20)27-24/h5-12,15-16H,13-14H2,1-4H3,(H,28,29)/b18-15+/t16-/m0/s1. The number of aromatic carboxylic acids is 1. The van der Waals surface area contributed by atoms with Gasteiger partial charge in [-0.2, -0.15) is 0 Å². The smallest absolute Gasteiger partial charge is 0.336 e. The highest BCUT2D eigenvalue weighted by Gasteiger charge is 2.27. The number of para-hydroxylation sites is 1. The van der Waals surface area contributed by atoms with Gasteiger partial charge in [-0.1, -0.05) is 70.2 Å². The van der Waals surface area contributed by atoms with Gasteiger partial charge in [0.15, 0.2) is 0 Å². The molecule has 0 unspecified atom stereocenters. The van der Waals surface area contributed by atoms with Crippen LogP contribution in [-0.4, -0.2) is 16.1 Å². The lowest BCUT2D eigenvalue weighted by molar-refractivity contribution is 0.0697. The van der Waals surface area contributed by atoms with Crippen LogP contribution in [0.4, 0.5) is 0 Å². The molecule has 1 N–H and O–H groups in total. The molecule has 1 aliphatic rings. The molecule has 148 valence electrons. The lowest BCUT2D eigenvalue weighted by Crippen LogP contribution is -2.17. The van der Waals surface area contributed by atoms with Crippen LogP contribution < -0.4 is 0 Å². The molecule has 0 aliphatic heterocycles. The van der Waals surface area contributed by atoms with Crippen molar-refractivity contribution in [3.63, 3.8) is 0 Å². The maximum atomic E-state index is 12.1. The second-order valence-electron chi connectivity index (χ2n) is 9.19. The molecule has 0 radical (unpaired) electrons. The van der Waals surface area contributed by atoms with E-state index in [9.17, 15) is 9.90 Å². The number of carboxylic acids is 1. The summed E-state index contributed by atoms with van der Waals surface area (Å²) >= 11 is 0. The maximum Gasteiger partial charge on any atom is 0.336 e. The van der Waals surface area contributed by atoms with Crippen LogP contribution in [0.3, 0.4) is 0 Å². The first-order valence-corrected chi connectivity index (χ1v) is 10.2. The van der Waals surface area contributed by atoms with Crippen molar-refractivity contribution in [2.45, 2.75) is 46.0 Å². The second-order valence-corrected chi connectivity index (χ2v) is 9.19. The topological polar surface area (TPSA) is 50.2 Å². The van der Waals surface area contributed by atoms with Crippen molar-refractivity contribution in [1.82, 2.24) is 4.98 Å². The van der Waals surface area contributed by atoms with Gasteiger partial charge in [0.1, 0.15) is 0 Å². The van der Waals surface area contributed by atoms with Gasteiger partial charge in [-0.05, 0) is 58.6 Å². The minimum absolute atomic E-state index is 0.120. The third-order valence-electron chi connectivity index (χ3n) is 5.75. The maximum absolute atomic E-state index is 12.1. The summed E-state index contributed by atoms with van der Waals surface area (Å²) in [6.07, 6.45) is 3.82. The fraction of sp³-hybridized carbons (Fsp3) is 0.308. The third-order valence-corrected chi connectivity index (χ3v) is 5.75. The number of carbonyl (C=O) groups is 1. The van der Waals surface area contributed by atoms with Crippen molar-refractivity contribution in [1.29, 1.82) is 0 Å². The lowest BCUT2D eigenvalue weighted by atomic mass is 9.80. The zero-order valence-corrected chi connectivity index (χ0v) is 17.5. The average molecular weight is 386 g/mol. The molecule has 0 saturated carbocycles. The van der Waals surface area contributed by atoms with E-state index in [2.05, 4.69) is 58.0 Å². The van der Waals surface area contributed by atoms with E-state index in [0.29, 0.717) is 11.5 Å². The molecule has 0 amide bonds. The summed E-state index contributed by atoms with van der Waals surface area (Å²) in [5.41, 5.74) is 6.53. The Balaban J connectivity index is 1.88. The van der Waals surface area contributed by atoms with Crippen molar-refractivity contribution < 1.29 is 9.90 Å². The number of benzene rings is 2. The fourth-order valence-corrected chi connectivity index (χ4v) is 4.26. The Kier molecular flexibility index (Phi) is 4.77. The fourth-order valence-electron chi connectivity index (χ4n) is 4.26. The van der Waals surface area contributed by atoms with E-state index in [-0.39, 0.29) is 5.41 Å². The van der Waals surface area contributed by atoms with E-state index in [0.717, 1.165) is 46.1 Å². The molecular weight excluding hydrogens is 358 g/mol. The van der Waals surface area contributed by atoms with Crippen LogP contribution in [-0.2, 0) is 11.8 Å². The number of rotatable bonds is 2. The van der Waals surface area contributed by atoms with E-state index in [4.69, 9.17) is 4.98 Å². The van der Waals surface area contributed by atoms with Crippen LogP contribution in [0.15, 0.2) is 48.5 Å². The molecular formula is C26H27NO2. The third kappa shape index (κ3) is 3.69. The van der Waals surface area contributed by atoms with Crippen LogP contribution in [0, 0.1) is 5.92 Å². The van der Waals surface area contributed by atoms with Gasteiger partial charge < -0.3 is 5.11 Å². The quantitative estimate of drug-likeness (QED) is 0.559. The molecule has 4 rings (SSSR count). The minimum Gasteiger partial charge on any atom is -0.478 e. The van der Waals surface area contributed by atoms with Gasteiger partial charge in [0.2, 0.25) is 0 Å². The van der Waals surface area contributed by atoms with Crippen LogP contribution in [0.2, 0.25) is 0 Å². The summed E-state index contributed by atoms with van der Waals surface area (Å²) in [6.45, 7) is 8.81. The molecule has 3 heteroatoms. The van der Waals surface area contributed by atoms with Gasteiger partial charge in [0.25, 0.3) is 0 Å². The van der Waals surface area contributed by atoms with Crippen LogP contribution >= 0.6 is 0 Å². The Morgan fingerprint density at radius 2 is 1.76 bits per heavy atom. The van der Waals surface area contributed by atoms with Crippen LogP contribution in [0.1, 0.15) is 66.9 Å². The molecule has 0 bridgehead atoms. The molecule has 1 aromatic heterocycles. The minimum atomic E-state index is -0.872. The number of hydrogen-bond donors (Lipinski definition) is 1. The van der Waals surface area contributed by atoms with Gasteiger partial charge in [-0.25, -0.2) is 9.78 Å². The van der Waals surface area contributed by atoms with E-state index < -0.39 is 5.97 Å². The Labute approximate surface area is 172 Å². The van der Waals surface area contributed by atoms with Gasteiger partial charge in [-0.3, -0.25) is 0 Å². The highest BCUT2D eigenvalue weighted by molar-refractivity contribution is 6.05. The molecule has 3 nitrogen and oxygen atoms in total. The van der Waals surface area contributed by atoms with Crippen molar-refractivity contribution >= 4 is 28.5 Å². The predicted octanol–water partition coefficient (Wildman–Crippen LogP) is 6.35. The molecule has 29 heavy (non-hydrogen) atoms. The molecule has 3 aromatic rings. The number of hydrogen-bond acceptors (Lipinski definition) is 2. The number of pyridine rings is 1. The van der Waals surface area contributed by atoms with E-state index in [1.807, 2.05) is 24.3 Å². The van der Waals surface area contributed by atoms with Crippen LogP contribution in [0.25, 0.3) is 22.6 Å². The zero-order valence-electron chi connectivity index (χ0n) is 17.5. The summed E-state index contributed by atoms with van der Waals surface area (Å²) < 4.78 is 0. The Morgan fingerprint density at radius 1 is 1.07 bits per heavy atom. The normalized spacial score (nSPS) is 18.1. The summed E-state index contributed by atoms with van der Waals surface area (Å²) in [5.74, 6) is -0.494. The molecule has 1 atom stereocenters. The lowest BCUT2D eigenvalue weighted by Gasteiger charge is -2.26. The zero-order chi connectivity index (χ0) is 20.8. The SMILES string of the molecule is C[C@H]1C/C(=C\c2ccc(C(C)(C)C)cc2)c2nc3ccccc3c(C(=O)O)c2C1. The average Bonchev–Trinajstić information content (AvgIpc) is 2.66. The monoisotopic (exact) mass is 385 g/mol. The Morgan fingerprint density at radius 3 is 2.41 bits per heavy atom. The highest BCUT2D eigenvalue weighted by atomic mass is 16.4. The van der Waals surface area contributed by atoms with Gasteiger partial charge in [0.05, 0.1) is 16.8 Å². The molecule has 2 aromatic carbocycles. The second kappa shape index (κ2) is 7.14. The van der Waals surface area contributed by atoms with Crippen molar-refractivity contribution in [3.8, 4) is 0 Å². The van der Waals surface area contributed by atoms with Gasteiger partial charge in [-0.15, -0.1) is 0 Å². The van der Waals surface area contributed by atoms with Crippen molar-refractivity contribution in [3.05, 3.63) is 76.5 Å². The molecule has 0 saturated heterocycles. The van der Waals surface area contributed by atoms with E-state index >= 15 is 0 Å². The summed E-state index contributed by atoms with van der Waals surface area (Å²) in [6, 6.07) is 16.2. The first-order chi connectivity index (χ1) is 13.7. The Bertz CT molecular complexity index is 1120. The molecule has 1 aliphatic carbocycles.